The molecule has 0 saturated carbocycles. The van der Waals surface area contributed by atoms with Gasteiger partial charge < -0.3 is 5.32 Å². The van der Waals surface area contributed by atoms with E-state index in [0.29, 0.717) is 19.0 Å². The lowest BCUT2D eigenvalue weighted by molar-refractivity contribution is 0.523. The van der Waals surface area contributed by atoms with Crippen molar-refractivity contribution in [2.24, 2.45) is 5.92 Å². The van der Waals surface area contributed by atoms with E-state index in [0.717, 1.165) is 23.0 Å². The normalized spacial score (nSPS) is 11.2. The molecule has 1 heterocycles. The lowest BCUT2D eigenvalue weighted by atomic mass is 10.2. The first-order valence-electron chi connectivity index (χ1n) is 6.35. The van der Waals surface area contributed by atoms with Crippen LogP contribution in [0, 0.1) is 5.92 Å². The highest BCUT2D eigenvalue weighted by Gasteiger charge is 2.06. The van der Waals surface area contributed by atoms with Crippen molar-refractivity contribution in [1.29, 1.82) is 0 Å². The van der Waals surface area contributed by atoms with E-state index >= 15 is 0 Å². The Balaban J connectivity index is 1.99. The largest absolute Gasteiger partial charge is 0.310 e. The summed E-state index contributed by atoms with van der Waals surface area (Å²) in [4.78, 5) is 0. The molecular formula is C13H18ClN5. The summed E-state index contributed by atoms with van der Waals surface area (Å²) in [7, 11) is 0. The number of benzene rings is 1. The minimum absolute atomic E-state index is 0.609. The van der Waals surface area contributed by atoms with Crippen LogP contribution in [0.2, 0.25) is 5.02 Å². The van der Waals surface area contributed by atoms with E-state index in [1.165, 1.54) is 0 Å². The third-order valence-corrected chi connectivity index (χ3v) is 2.90. The van der Waals surface area contributed by atoms with Crippen LogP contribution in [-0.2, 0) is 13.1 Å². The zero-order valence-corrected chi connectivity index (χ0v) is 11.9. The molecule has 0 fully saturated rings. The highest BCUT2D eigenvalue weighted by atomic mass is 35.5. The van der Waals surface area contributed by atoms with E-state index in [1.807, 2.05) is 24.3 Å². The highest BCUT2D eigenvalue weighted by Crippen LogP contribution is 2.11. The van der Waals surface area contributed by atoms with Crippen LogP contribution in [0.3, 0.4) is 0 Å². The van der Waals surface area contributed by atoms with Crippen molar-refractivity contribution in [2.75, 3.05) is 6.54 Å². The molecular weight excluding hydrogens is 262 g/mol. The van der Waals surface area contributed by atoms with Crippen LogP contribution in [0.25, 0.3) is 0 Å². The SMILES string of the molecule is CC(C)CNCc1nnnn1Cc1cccc(Cl)c1. The van der Waals surface area contributed by atoms with Gasteiger partial charge in [-0.15, -0.1) is 5.10 Å². The molecule has 0 aliphatic carbocycles. The number of tetrazole rings is 1. The Labute approximate surface area is 118 Å². The van der Waals surface area contributed by atoms with Gasteiger partial charge in [0.05, 0.1) is 13.1 Å². The maximum atomic E-state index is 5.97. The number of hydrogen-bond acceptors (Lipinski definition) is 4. The fraction of sp³-hybridized carbons (Fsp3) is 0.462. The Bertz CT molecular complexity index is 523. The van der Waals surface area contributed by atoms with Gasteiger partial charge in [-0.05, 0) is 40.6 Å². The molecule has 0 aliphatic heterocycles. The van der Waals surface area contributed by atoms with Gasteiger partial charge in [0, 0.05) is 5.02 Å². The van der Waals surface area contributed by atoms with Crippen LogP contribution in [-0.4, -0.2) is 26.8 Å². The Morgan fingerprint density at radius 2 is 2.21 bits per heavy atom. The molecule has 0 aliphatic rings. The van der Waals surface area contributed by atoms with Gasteiger partial charge >= 0.3 is 0 Å². The molecule has 0 spiro atoms. The predicted octanol–water partition coefficient (Wildman–Crippen LogP) is 2.12. The van der Waals surface area contributed by atoms with E-state index in [9.17, 15) is 0 Å². The van der Waals surface area contributed by atoms with Crippen LogP contribution in [0.1, 0.15) is 25.2 Å². The summed E-state index contributed by atoms with van der Waals surface area (Å²) in [6.07, 6.45) is 0. The quantitative estimate of drug-likeness (QED) is 0.880. The molecule has 1 aromatic heterocycles. The van der Waals surface area contributed by atoms with E-state index in [1.54, 1.807) is 4.68 Å². The van der Waals surface area contributed by atoms with Crippen LogP contribution < -0.4 is 5.32 Å². The molecule has 2 rings (SSSR count). The topological polar surface area (TPSA) is 55.6 Å². The van der Waals surface area contributed by atoms with Crippen LogP contribution >= 0.6 is 11.6 Å². The number of nitrogens with one attached hydrogen (secondary N) is 1. The number of aromatic nitrogens is 4. The first kappa shape index (κ1) is 14.0. The van der Waals surface area contributed by atoms with Gasteiger partial charge in [0.15, 0.2) is 5.82 Å². The molecule has 5 nitrogen and oxygen atoms in total. The fourth-order valence-corrected chi connectivity index (χ4v) is 1.97. The fourth-order valence-electron chi connectivity index (χ4n) is 1.75. The van der Waals surface area contributed by atoms with E-state index in [-0.39, 0.29) is 0 Å². The smallest absolute Gasteiger partial charge is 0.165 e. The van der Waals surface area contributed by atoms with E-state index in [4.69, 9.17) is 11.6 Å². The minimum atomic E-state index is 0.609. The van der Waals surface area contributed by atoms with Crippen molar-refractivity contribution in [3.63, 3.8) is 0 Å². The van der Waals surface area contributed by atoms with Crippen molar-refractivity contribution in [3.8, 4) is 0 Å². The number of hydrogen-bond donors (Lipinski definition) is 1. The molecule has 6 heteroatoms. The van der Waals surface area contributed by atoms with Crippen molar-refractivity contribution in [2.45, 2.75) is 26.9 Å². The minimum Gasteiger partial charge on any atom is -0.310 e. The lowest BCUT2D eigenvalue weighted by Crippen LogP contribution is -2.22. The zero-order valence-electron chi connectivity index (χ0n) is 11.2. The Morgan fingerprint density at radius 1 is 1.37 bits per heavy atom. The third kappa shape index (κ3) is 4.29. The summed E-state index contributed by atoms with van der Waals surface area (Å²) >= 11 is 5.97. The van der Waals surface area contributed by atoms with Gasteiger partial charge in [-0.2, -0.15) is 0 Å². The first-order chi connectivity index (χ1) is 9.15. The molecule has 2 aromatic rings. The second kappa shape index (κ2) is 6.63. The Kier molecular flexibility index (Phi) is 4.87. The number of halogens is 1. The summed E-state index contributed by atoms with van der Waals surface area (Å²) in [5.41, 5.74) is 1.09. The first-order valence-corrected chi connectivity index (χ1v) is 6.73. The molecule has 102 valence electrons. The third-order valence-electron chi connectivity index (χ3n) is 2.66. The second-order valence-corrected chi connectivity index (χ2v) is 5.34. The van der Waals surface area contributed by atoms with Crippen molar-refractivity contribution in [3.05, 3.63) is 40.7 Å². The molecule has 1 N–H and O–H groups in total. The Hall–Kier alpha value is -1.46. The van der Waals surface area contributed by atoms with Crippen LogP contribution in [0.15, 0.2) is 24.3 Å². The summed E-state index contributed by atoms with van der Waals surface area (Å²) in [6, 6.07) is 7.72. The van der Waals surface area contributed by atoms with Crippen LogP contribution in [0.4, 0.5) is 0 Å². The van der Waals surface area contributed by atoms with Crippen molar-refractivity contribution >= 4 is 11.6 Å². The average molecular weight is 280 g/mol. The van der Waals surface area contributed by atoms with Gasteiger partial charge in [-0.1, -0.05) is 37.6 Å². The standard InChI is InChI=1S/C13H18ClN5/c1-10(2)7-15-8-13-16-17-18-19(13)9-11-4-3-5-12(14)6-11/h3-6,10,15H,7-9H2,1-2H3. The highest BCUT2D eigenvalue weighted by molar-refractivity contribution is 6.30. The molecule has 0 bridgehead atoms. The van der Waals surface area contributed by atoms with Gasteiger partial charge in [0.1, 0.15) is 0 Å². The Morgan fingerprint density at radius 3 is 2.95 bits per heavy atom. The molecule has 0 amide bonds. The van der Waals surface area contributed by atoms with Crippen molar-refractivity contribution < 1.29 is 0 Å². The maximum Gasteiger partial charge on any atom is 0.165 e. The monoisotopic (exact) mass is 279 g/mol. The molecule has 1 aromatic carbocycles. The zero-order chi connectivity index (χ0) is 13.7. The summed E-state index contributed by atoms with van der Waals surface area (Å²) in [6.45, 7) is 6.59. The van der Waals surface area contributed by atoms with Gasteiger partial charge in [0.2, 0.25) is 0 Å². The summed E-state index contributed by atoms with van der Waals surface area (Å²) in [5, 5.41) is 15.8. The summed E-state index contributed by atoms with van der Waals surface area (Å²) in [5.74, 6) is 1.44. The van der Waals surface area contributed by atoms with Crippen molar-refractivity contribution in [1.82, 2.24) is 25.5 Å². The number of rotatable bonds is 6. The van der Waals surface area contributed by atoms with E-state index < -0.39 is 0 Å². The van der Waals surface area contributed by atoms with E-state index in [2.05, 4.69) is 34.7 Å². The van der Waals surface area contributed by atoms with Gasteiger partial charge in [-0.25, -0.2) is 4.68 Å². The average Bonchev–Trinajstić information content (AvgIpc) is 2.76. The molecule has 0 unspecified atom stereocenters. The van der Waals surface area contributed by atoms with Gasteiger partial charge in [0.25, 0.3) is 0 Å². The molecule has 0 atom stereocenters. The molecule has 0 saturated heterocycles. The lowest BCUT2D eigenvalue weighted by Gasteiger charge is -2.08. The summed E-state index contributed by atoms with van der Waals surface area (Å²) < 4.78 is 1.79. The molecule has 0 radical (unpaired) electrons. The van der Waals surface area contributed by atoms with Gasteiger partial charge in [-0.3, -0.25) is 0 Å². The molecule has 19 heavy (non-hydrogen) atoms. The van der Waals surface area contributed by atoms with Crippen LogP contribution in [0.5, 0.6) is 0 Å². The maximum absolute atomic E-state index is 5.97. The predicted molar refractivity (Wildman–Crippen MR) is 74.9 cm³/mol. The number of nitrogens with zero attached hydrogens (tertiary/aromatic N) is 4. The second-order valence-electron chi connectivity index (χ2n) is 4.91.